The van der Waals surface area contributed by atoms with Crippen molar-refractivity contribution >= 4 is 11.6 Å². The van der Waals surface area contributed by atoms with Crippen LogP contribution in [0.4, 0.5) is 5.69 Å². The number of carbonyl (C=O) groups is 1. The van der Waals surface area contributed by atoms with Gasteiger partial charge in [-0.1, -0.05) is 12.1 Å². The van der Waals surface area contributed by atoms with Gasteiger partial charge in [-0.15, -0.1) is 0 Å². The van der Waals surface area contributed by atoms with E-state index in [9.17, 15) is 4.79 Å². The normalized spacial score (nSPS) is 18.2. The van der Waals surface area contributed by atoms with Crippen LogP contribution in [0.3, 0.4) is 0 Å². The Morgan fingerprint density at radius 2 is 1.85 bits per heavy atom. The summed E-state index contributed by atoms with van der Waals surface area (Å²) in [7, 11) is 0. The number of nitrogens with zero attached hydrogens (tertiary/aromatic N) is 3. The molecule has 0 unspecified atom stereocenters. The van der Waals surface area contributed by atoms with Crippen molar-refractivity contribution in [3.8, 4) is 11.1 Å². The average molecular weight is 346 g/mol. The highest BCUT2D eigenvalue weighted by molar-refractivity contribution is 6.10. The molecule has 2 aliphatic heterocycles. The predicted molar refractivity (Wildman–Crippen MR) is 103 cm³/mol. The first-order valence-corrected chi connectivity index (χ1v) is 8.78. The zero-order valence-corrected chi connectivity index (χ0v) is 15.5. The van der Waals surface area contributed by atoms with Gasteiger partial charge in [0.15, 0.2) is 0 Å². The number of benzene rings is 1. The van der Waals surface area contributed by atoms with Gasteiger partial charge in [0.05, 0.1) is 11.1 Å². The molecule has 5 heteroatoms. The second kappa shape index (κ2) is 5.80. The Kier molecular flexibility index (Phi) is 3.68. The van der Waals surface area contributed by atoms with Crippen LogP contribution >= 0.6 is 0 Å². The van der Waals surface area contributed by atoms with Gasteiger partial charge in [0.1, 0.15) is 5.82 Å². The molecule has 132 valence electrons. The molecule has 0 fully saturated rings. The van der Waals surface area contributed by atoms with E-state index in [1.54, 1.807) is 0 Å². The van der Waals surface area contributed by atoms with Gasteiger partial charge in [-0.25, -0.2) is 9.97 Å². The van der Waals surface area contributed by atoms with Crippen LogP contribution in [0, 0.1) is 6.92 Å². The first-order valence-electron chi connectivity index (χ1n) is 8.78. The van der Waals surface area contributed by atoms with E-state index >= 15 is 0 Å². The lowest BCUT2D eigenvalue weighted by atomic mass is 9.85. The molecule has 1 aromatic heterocycles. The summed E-state index contributed by atoms with van der Waals surface area (Å²) in [5.41, 5.74) is 5.38. The molecule has 0 radical (unpaired) electrons. The van der Waals surface area contributed by atoms with Crippen molar-refractivity contribution < 1.29 is 4.79 Å². The number of aromatic nitrogens is 2. The molecule has 2 aromatic rings. The van der Waals surface area contributed by atoms with E-state index in [0.29, 0.717) is 0 Å². The van der Waals surface area contributed by atoms with Crippen LogP contribution in [0.1, 0.15) is 32.2 Å². The zero-order valence-electron chi connectivity index (χ0n) is 15.5. The zero-order chi connectivity index (χ0) is 18.5. The number of aryl methyl sites for hydroxylation is 1. The number of nitrogens with one attached hydrogen (secondary N) is 1. The predicted octanol–water partition coefficient (Wildman–Crippen LogP) is 3.47. The molecule has 0 aliphatic carbocycles. The summed E-state index contributed by atoms with van der Waals surface area (Å²) in [6.45, 7) is 8.58. The van der Waals surface area contributed by atoms with Crippen molar-refractivity contribution in [2.45, 2.75) is 33.1 Å². The molecular formula is C21H22N4O. The topological polar surface area (TPSA) is 58.1 Å². The minimum atomic E-state index is -0.550. The fourth-order valence-corrected chi connectivity index (χ4v) is 3.53. The summed E-state index contributed by atoms with van der Waals surface area (Å²) < 4.78 is 0. The van der Waals surface area contributed by atoms with Gasteiger partial charge in [0.2, 0.25) is 5.91 Å². The highest BCUT2D eigenvalue weighted by Gasteiger charge is 2.45. The summed E-state index contributed by atoms with van der Waals surface area (Å²) in [6.07, 6.45) is 7.72. The SMILES string of the molecule is CC1=CC(N2C(=O)C(C)(C)c3ccc(-c4cnc(C)nc4)cc32)=CCN1. The summed E-state index contributed by atoms with van der Waals surface area (Å²) in [5, 5.41) is 3.27. The molecular weight excluding hydrogens is 324 g/mol. The summed E-state index contributed by atoms with van der Waals surface area (Å²) >= 11 is 0. The molecule has 0 bridgehead atoms. The Bertz CT molecular complexity index is 954. The van der Waals surface area contributed by atoms with Gasteiger partial charge >= 0.3 is 0 Å². The number of fused-ring (bicyclic) bond motifs is 1. The van der Waals surface area contributed by atoms with Crippen molar-refractivity contribution in [1.29, 1.82) is 0 Å². The van der Waals surface area contributed by atoms with Gasteiger partial charge in [0.25, 0.3) is 0 Å². The number of amides is 1. The third kappa shape index (κ3) is 2.51. The van der Waals surface area contributed by atoms with Gasteiger partial charge in [0, 0.05) is 35.9 Å². The van der Waals surface area contributed by atoms with E-state index in [-0.39, 0.29) is 5.91 Å². The van der Waals surface area contributed by atoms with E-state index in [2.05, 4.69) is 33.5 Å². The van der Waals surface area contributed by atoms with Crippen LogP contribution in [0.5, 0.6) is 0 Å². The monoisotopic (exact) mass is 346 g/mol. The molecule has 1 N–H and O–H groups in total. The maximum absolute atomic E-state index is 13.2. The van der Waals surface area contributed by atoms with E-state index in [0.717, 1.165) is 46.1 Å². The lowest BCUT2D eigenvalue weighted by molar-refractivity contribution is -0.121. The number of hydrogen-bond donors (Lipinski definition) is 1. The Morgan fingerprint density at radius 1 is 1.12 bits per heavy atom. The second-order valence-electron chi connectivity index (χ2n) is 7.35. The molecule has 1 aromatic carbocycles. The Hall–Kier alpha value is -2.95. The van der Waals surface area contributed by atoms with E-state index in [1.807, 2.05) is 57.1 Å². The van der Waals surface area contributed by atoms with Crippen molar-refractivity contribution in [1.82, 2.24) is 15.3 Å². The average Bonchev–Trinajstić information content (AvgIpc) is 2.81. The fourth-order valence-electron chi connectivity index (χ4n) is 3.53. The highest BCUT2D eigenvalue weighted by atomic mass is 16.2. The first kappa shape index (κ1) is 16.5. The van der Waals surface area contributed by atoms with Gasteiger partial charge in [-0.3, -0.25) is 9.69 Å². The quantitative estimate of drug-likeness (QED) is 0.905. The molecule has 0 atom stereocenters. The maximum Gasteiger partial charge on any atom is 0.241 e. The standard InChI is InChI=1S/C21H22N4O/c1-13-9-17(7-8-22-13)25-19-10-15(16-11-23-14(2)24-12-16)5-6-18(19)21(3,4)20(25)26/h5-7,9-12,22H,8H2,1-4H3. The second-order valence-corrected chi connectivity index (χ2v) is 7.35. The number of allylic oxidation sites excluding steroid dienone is 2. The molecule has 4 rings (SSSR count). The third-order valence-electron chi connectivity index (χ3n) is 5.08. The number of anilines is 1. The van der Waals surface area contributed by atoms with Crippen molar-refractivity contribution in [3.63, 3.8) is 0 Å². The van der Waals surface area contributed by atoms with Crippen molar-refractivity contribution in [2.75, 3.05) is 11.4 Å². The molecule has 0 saturated heterocycles. The van der Waals surface area contributed by atoms with Crippen LogP contribution < -0.4 is 10.2 Å². The van der Waals surface area contributed by atoms with Crippen molar-refractivity contribution in [2.24, 2.45) is 0 Å². The smallest absolute Gasteiger partial charge is 0.241 e. The fraction of sp³-hybridized carbons (Fsp3) is 0.286. The molecule has 1 amide bonds. The van der Waals surface area contributed by atoms with Gasteiger partial charge in [-0.05, 0) is 57.0 Å². The molecule has 2 aliphatic rings. The molecule has 5 nitrogen and oxygen atoms in total. The third-order valence-corrected chi connectivity index (χ3v) is 5.08. The Labute approximate surface area is 153 Å². The number of rotatable bonds is 2. The summed E-state index contributed by atoms with van der Waals surface area (Å²) in [6, 6.07) is 6.17. The summed E-state index contributed by atoms with van der Waals surface area (Å²) in [4.78, 5) is 23.6. The van der Waals surface area contributed by atoms with E-state index in [4.69, 9.17) is 0 Å². The van der Waals surface area contributed by atoms with Crippen LogP contribution in [0.15, 0.2) is 54.1 Å². The minimum Gasteiger partial charge on any atom is -0.385 e. The van der Waals surface area contributed by atoms with Crippen LogP contribution in [-0.4, -0.2) is 22.4 Å². The van der Waals surface area contributed by atoms with Crippen LogP contribution in [0.2, 0.25) is 0 Å². The molecule has 0 saturated carbocycles. The van der Waals surface area contributed by atoms with Gasteiger partial charge in [-0.2, -0.15) is 0 Å². The highest BCUT2D eigenvalue weighted by Crippen LogP contribution is 2.45. The van der Waals surface area contributed by atoms with Crippen LogP contribution in [0.25, 0.3) is 11.1 Å². The first-order chi connectivity index (χ1) is 12.4. The van der Waals surface area contributed by atoms with E-state index < -0.39 is 5.41 Å². The van der Waals surface area contributed by atoms with Crippen LogP contribution in [-0.2, 0) is 10.2 Å². The number of carbonyl (C=O) groups excluding carboxylic acids is 1. The lowest BCUT2D eigenvalue weighted by Crippen LogP contribution is -2.36. The van der Waals surface area contributed by atoms with E-state index in [1.165, 1.54) is 0 Å². The number of dihydropyridines is 1. The molecule has 3 heterocycles. The molecule has 26 heavy (non-hydrogen) atoms. The van der Waals surface area contributed by atoms with Gasteiger partial charge < -0.3 is 5.32 Å². The lowest BCUT2D eigenvalue weighted by Gasteiger charge is -2.24. The summed E-state index contributed by atoms with van der Waals surface area (Å²) in [5.74, 6) is 0.843. The Morgan fingerprint density at radius 3 is 2.54 bits per heavy atom. The maximum atomic E-state index is 13.2. The van der Waals surface area contributed by atoms with Crippen molar-refractivity contribution in [3.05, 3.63) is 65.5 Å². The molecule has 0 spiro atoms. The number of hydrogen-bond acceptors (Lipinski definition) is 4. The Balaban J connectivity index is 1.85. The minimum absolute atomic E-state index is 0.0991. The largest absolute Gasteiger partial charge is 0.385 e.